The van der Waals surface area contributed by atoms with E-state index in [1.165, 1.54) is 60.0 Å². The normalized spacial score (nSPS) is 13.8. The molecule has 0 saturated carbocycles. The van der Waals surface area contributed by atoms with Gasteiger partial charge in [0.15, 0.2) is 0 Å². The van der Waals surface area contributed by atoms with Gasteiger partial charge in [-0.25, -0.2) is 0 Å². The molecule has 3 heteroatoms. The summed E-state index contributed by atoms with van der Waals surface area (Å²) in [6, 6.07) is 30.4. The van der Waals surface area contributed by atoms with Gasteiger partial charge in [-0.05, 0) is 0 Å². The van der Waals surface area contributed by atoms with Crippen molar-refractivity contribution >= 4 is 41.2 Å². The van der Waals surface area contributed by atoms with Gasteiger partial charge in [0.05, 0.1) is 0 Å². The van der Waals surface area contributed by atoms with E-state index in [-0.39, 0.29) is 24.8 Å². The molecule has 0 N–H and O–H groups in total. The molecule has 0 bridgehead atoms. The quantitative estimate of drug-likeness (QED) is 0.194. The van der Waals surface area contributed by atoms with Crippen LogP contribution in [0.15, 0.2) is 101 Å². The van der Waals surface area contributed by atoms with Gasteiger partial charge in [0.1, 0.15) is 0 Å². The molecule has 0 fully saturated rings. The van der Waals surface area contributed by atoms with Gasteiger partial charge in [-0.1, -0.05) is 0 Å². The van der Waals surface area contributed by atoms with Crippen molar-refractivity contribution in [3.8, 4) is 11.1 Å². The Morgan fingerprint density at radius 3 is 1.76 bits per heavy atom. The molecule has 0 radical (unpaired) electrons. The molecular weight excluding hydrogens is 539 g/mol. The van der Waals surface area contributed by atoms with Crippen LogP contribution in [0.25, 0.3) is 11.1 Å². The van der Waals surface area contributed by atoms with Crippen molar-refractivity contribution in [1.29, 1.82) is 0 Å². The van der Waals surface area contributed by atoms with Gasteiger partial charge >= 0.3 is 217 Å². The molecule has 4 aromatic carbocycles. The van der Waals surface area contributed by atoms with Crippen molar-refractivity contribution in [2.45, 2.75) is 40.5 Å². The van der Waals surface area contributed by atoms with Crippen LogP contribution < -0.4 is 11.6 Å². The fourth-order valence-corrected chi connectivity index (χ4v) is 17.4. The summed E-state index contributed by atoms with van der Waals surface area (Å²) in [6.07, 6.45) is 8.92. The minimum atomic E-state index is -4.29. The number of fused-ring (bicyclic) bond motifs is 3. The summed E-state index contributed by atoms with van der Waals surface area (Å²) >= 11 is -4.29. The van der Waals surface area contributed by atoms with E-state index in [1.54, 1.807) is 0 Å². The predicted octanol–water partition coefficient (Wildman–Crippen LogP) is 7.58. The number of rotatable bonds is 4. The zero-order valence-electron chi connectivity index (χ0n) is 22.7. The number of benzene rings is 4. The molecule has 4 aromatic rings. The second-order valence-corrected chi connectivity index (χ2v) is 19.3. The Morgan fingerprint density at radius 1 is 0.658 bits per heavy atom. The molecule has 0 amide bonds. The van der Waals surface area contributed by atoms with E-state index in [1.807, 2.05) is 0 Å². The average Bonchev–Trinajstić information content (AvgIpc) is 3.53. The summed E-state index contributed by atoms with van der Waals surface area (Å²) in [5.74, 6) is 0. The van der Waals surface area contributed by atoms with Crippen molar-refractivity contribution < 1.29 is 14.8 Å². The van der Waals surface area contributed by atoms with Gasteiger partial charge < -0.3 is 0 Å². The Bertz CT molecular complexity index is 1600. The predicted molar refractivity (Wildman–Crippen MR) is 169 cm³/mol. The Hall–Kier alpha value is -2.48. The van der Waals surface area contributed by atoms with Crippen LogP contribution >= 0.6 is 24.8 Å². The van der Waals surface area contributed by atoms with Crippen LogP contribution in [0, 0.1) is 27.7 Å². The Labute approximate surface area is 240 Å². The maximum absolute atomic E-state index is 5.56. The molecule has 6 rings (SSSR count). The maximum atomic E-state index is 5.56. The van der Waals surface area contributed by atoms with Crippen molar-refractivity contribution in [1.82, 2.24) is 0 Å². The fraction of sp³-hybridized carbons (Fsp3) is 0.171. The molecule has 0 heterocycles. The van der Waals surface area contributed by atoms with Crippen molar-refractivity contribution in [2.75, 3.05) is 0 Å². The molecular formula is C35H36Cl2Ti. The molecule has 0 atom stereocenters. The number of hydrogen-bond acceptors (Lipinski definition) is 0. The van der Waals surface area contributed by atoms with Gasteiger partial charge in [0.2, 0.25) is 0 Å². The first-order valence-corrected chi connectivity index (χ1v) is 17.3. The van der Waals surface area contributed by atoms with Crippen molar-refractivity contribution in [3.05, 3.63) is 134 Å². The molecule has 0 nitrogen and oxygen atoms in total. The van der Waals surface area contributed by atoms with E-state index in [2.05, 4.69) is 125 Å². The van der Waals surface area contributed by atoms with E-state index in [4.69, 9.17) is 4.82 Å². The molecule has 0 saturated heterocycles. The van der Waals surface area contributed by atoms with Crippen LogP contribution in [0.3, 0.4) is 0 Å². The molecule has 194 valence electrons. The van der Waals surface area contributed by atoms with Crippen LogP contribution in [-0.4, -0.2) is 4.82 Å². The number of hydrogen-bond donors (Lipinski definition) is 0. The van der Waals surface area contributed by atoms with E-state index >= 15 is 0 Å². The molecule has 2 aliphatic rings. The van der Waals surface area contributed by atoms with E-state index < -0.39 is 14.8 Å². The number of halogens is 2. The zero-order chi connectivity index (χ0) is 25.1. The second-order valence-electron chi connectivity index (χ2n) is 11.1. The van der Waals surface area contributed by atoms with Gasteiger partial charge in [-0.15, -0.1) is 24.8 Å². The summed E-state index contributed by atoms with van der Waals surface area (Å²) < 4.78 is 5.88. The third-order valence-electron chi connectivity index (χ3n) is 8.85. The van der Waals surface area contributed by atoms with Crippen LogP contribution in [-0.2, 0) is 21.3 Å². The number of aryl methyl sites for hydroxylation is 4. The third-order valence-corrected chi connectivity index (χ3v) is 19.5. The average molecular weight is 575 g/mol. The van der Waals surface area contributed by atoms with Crippen molar-refractivity contribution in [3.63, 3.8) is 0 Å². The summed E-state index contributed by atoms with van der Waals surface area (Å²) in [5, 5.41) is 0. The number of allylic oxidation sites excluding steroid dienone is 4. The van der Waals surface area contributed by atoms with Crippen LogP contribution in [0.5, 0.6) is 0 Å². The summed E-state index contributed by atoms with van der Waals surface area (Å²) in [4.78, 5) is 5.56. The SMILES string of the molecule is Cl.Cl.[CH2]=[Ti]([C]1=CC=CC1)([c]1ccc(C)cc1)([c]1ccc(C)cc1)[c]1c(C)ccc2c1Cc1cc(C)ccc1-2. The second kappa shape index (κ2) is 10.3. The minimum absolute atomic E-state index is 0. The first-order valence-electron chi connectivity index (χ1n) is 13.1. The Balaban J connectivity index is 0.00000168. The molecule has 2 aliphatic carbocycles. The first-order chi connectivity index (χ1) is 17.3. The van der Waals surface area contributed by atoms with Crippen LogP contribution in [0.1, 0.15) is 39.8 Å². The summed E-state index contributed by atoms with van der Waals surface area (Å²) in [6.45, 7) is 8.89. The molecule has 38 heavy (non-hydrogen) atoms. The molecule has 0 spiro atoms. The zero-order valence-corrected chi connectivity index (χ0v) is 25.9. The van der Waals surface area contributed by atoms with Gasteiger partial charge in [-0.3, -0.25) is 0 Å². The Kier molecular flexibility index (Phi) is 7.70. The van der Waals surface area contributed by atoms with E-state index in [9.17, 15) is 0 Å². The molecule has 0 unspecified atom stereocenters. The van der Waals surface area contributed by atoms with Crippen LogP contribution in [0.4, 0.5) is 0 Å². The summed E-state index contributed by atoms with van der Waals surface area (Å²) in [5.41, 5.74) is 11.0. The monoisotopic (exact) mass is 574 g/mol. The van der Waals surface area contributed by atoms with Gasteiger partial charge in [-0.2, -0.15) is 0 Å². The third kappa shape index (κ3) is 3.97. The van der Waals surface area contributed by atoms with Crippen molar-refractivity contribution in [2.24, 2.45) is 0 Å². The Morgan fingerprint density at radius 2 is 1.21 bits per heavy atom. The summed E-state index contributed by atoms with van der Waals surface area (Å²) in [7, 11) is 0. The molecule has 0 aromatic heterocycles. The first kappa shape index (κ1) is 28.5. The molecule has 0 aliphatic heterocycles. The van der Waals surface area contributed by atoms with Gasteiger partial charge in [0.25, 0.3) is 0 Å². The fourth-order valence-electron chi connectivity index (χ4n) is 6.98. The standard InChI is InChI=1S/C15H13.2C7H7.C5H5.CH2.2ClH.Ti/c1-10-3-5-14-12(7-10)9-13-8-11(2)4-6-15(13)14;2*1-7-5-3-2-4-6-7;1-2-4-5-3-1;;;;/h3-7H,9H2,1-2H3;2*3-6H,1H3;1-3H,4H2;1H2;2*1H;. The van der Waals surface area contributed by atoms with Gasteiger partial charge in [0, 0.05) is 0 Å². The van der Waals surface area contributed by atoms with E-state index in [0.29, 0.717) is 0 Å². The van der Waals surface area contributed by atoms with Crippen LogP contribution in [0.2, 0.25) is 0 Å². The topological polar surface area (TPSA) is 0 Å². The van der Waals surface area contributed by atoms with E-state index in [0.717, 1.165) is 12.8 Å².